The average molecular weight is 380 g/mol. The average Bonchev–Trinajstić information content (AvgIpc) is 2.88. The number of methoxy groups -OCH3 is 1. The summed E-state index contributed by atoms with van der Waals surface area (Å²) in [5.74, 6) is -0.179. The summed E-state index contributed by atoms with van der Waals surface area (Å²) < 4.78 is 5.00. The SMILES string of the molecule is COCCC(=O)N1CCNC(=O)C(Cc2ccc(-c3cccc(C)c3)cc2)C1. The number of amides is 2. The minimum atomic E-state index is -0.237. The number of hydrogen-bond donors (Lipinski definition) is 1. The fraction of sp³-hybridized carbons (Fsp3) is 0.391. The van der Waals surface area contributed by atoms with Crippen molar-refractivity contribution in [2.45, 2.75) is 19.8 Å². The van der Waals surface area contributed by atoms with Gasteiger partial charge in [0.1, 0.15) is 0 Å². The number of nitrogens with one attached hydrogen (secondary N) is 1. The molecule has 0 aliphatic carbocycles. The highest BCUT2D eigenvalue weighted by Crippen LogP contribution is 2.22. The van der Waals surface area contributed by atoms with Crippen molar-refractivity contribution in [3.63, 3.8) is 0 Å². The Bertz CT molecular complexity index is 817. The van der Waals surface area contributed by atoms with Crippen LogP contribution in [0.3, 0.4) is 0 Å². The number of carbonyl (C=O) groups is 2. The fourth-order valence-electron chi connectivity index (χ4n) is 3.57. The first kappa shape index (κ1) is 20.1. The molecule has 1 heterocycles. The molecular formula is C23H28N2O3. The van der Waals surface area contributed by atoms with Gasteiger partial charge < -0.3 is 15.0 Å². The standard InChI is InChI=1S/C23H28N2O3/c1-17-4-3-5-20(14-17)19-8-6-18(7-9-19)15-21-16-25(12-11-24-23(21)27)22(26)10-13-28-2/h3-9,14,21H,10-13,15-16H2,1-2H3,(H,24,27). The third kappa shape index (κ3) is 5.20. The molecule has 1 atom stereocenters. The van der Waals surface area contributed by atoms with Crippen LogP contribution >= 0.6 is 0 Å². The molecule has 0 spiro atoms. The Morgan fingerprint density at radius 3 is 2.68 bits per heavy atom. The van der Waals surface area contributed by atoms with Crippen LogP contribution in [-0.4, -0.2) is 50.1 Å². The molecule has 2 aromatic rings. The molecule has 5 heteroatoms. The second-order valence-corrected chi connectivity index (χ2v) is 7.34. The van der Waals surface area contributed by atoms with E-state index < -0.39 is 0 Å². The molecule has 1 unspecified atom stereocenters. The minimum Gasteiger partial charge on any atom is -0.384 e. The van der Waals surface area contributed by atoms with Gasteiger partial charge in [-0.2, -0.15) is 0 Å². The highest BCUT2D eigenvalue weighted by Gasteiger charge is 2.27. The maximum Gasteiger partial charge on any atom is 0.225 e. The van der Waals surface area contributed by atoms with E-state index in [2.05, 4.69) is 60.8 Å². The van der Waals surface area contributed by atoms with Crippen molar-refractivity contribution < 1.29 is 14.3 Å². The summed E-state index contributed by atoms with van der Waals surface area (Å²) in [6.45, 7) is 4.00. The Kier molecular flexibility index (Phi) is 6.82. The maximum atomic E-state index is 12.5. The van der Waals surface area contributed by atoms with Gasteiger partial charge in [0.2, 0.25) is 11.8 Å². The Labute approximate surface area is 166 Å². The first-order valence-corrected chi connectivity index (χ1v) is 9.77. The molecule has 1 N–H and O–H groups in total. The van der Waals surface area contributed by atoms with Crippen molar-refractivity contribution in [3.05, 3.63) is 59.7 Å². The van der Waals surface area contributed by atoms with Crippen LogP contribution in [0.1, 0.15) is 17.5 Å². The number of hydrogen-bond acceptors (Lipinski definition) is 3. The third-order valence-corrected chi connectivity index (χ3v) is 5.15. The van der Waals surface area contributed by atoms with E-state index in [0.29, 0.717) is 39.1 Å². The molecule has 2 aromatic carbocycles. The van der Waals surface area contributed by atoms with Crippen LogP contribution in [0.15, 0.2) is 48.5 Å². The van der Waals surface area contributed by atoms with E-state index in [1.165, 1.54) is 11.1 Å². The van der Waals surface area contributed by atoms with Gasteiger partial charge in [0.25, 0.3) is 0 Å². The van der Waals surface area contributed by atoms with Crippen molar-refractivity contribution in [2.24, 2.45) is 5.92 Å². The molecule has 0 aromatic heterocycles. The zero-order valence-corrected chi connectivity index (χ0v) is 16.6. The predicted octanol–water partition coefficient (Wildman–Crippen LogP) is 2.82. The van der Waals surface area contributed by atoms with Crippen molar-refractivity contribution >= 4 is 11.8 Å². The van der Waals surface area contributed by atoms with E-state index in [1.54, 1.807) is 12.0 Å². The van der Waals surface area contributed by atoms with E-state index in [-0.39, 0.29) is 17.7 Å². The lowest BCUT2D eigenvalue weighted by molar-refractivity contribution is -0.132. The van der Waals surface area contributed by atoms with Crippen LogP contribution in [0.2, 0.25) is 0 Å². The number of rotatable bonds is 6. The highest BCUT2D eigenvalue weighted by atomic mass is 16.5. The van der Waals surface area contributed by atoms with Gasteiger partial charge in [0.05, 0.1) is 18.9 Å². The summed E-state index contributed by atoms with van der Waals surface area (Å²) in [7, 11) is 1.59. The Hall–Kier alpha value is -2.66. The molecular weight excluding hydrogens is 352 g/mol. The highest BCUT2D eigenvalue weighted by molar-refractivity contribution is 5.82. The fourth-order valence-corrected chi connectivity index (χ4v) is 3.57. The second kappa shape index (κ2) is 9.51. The molecule has 0 radical (unpaired) electrons. The number of nitrogens with zero attached hydrogens (tertiary/aromatic N) is 1. The third-order valence-electron chi connectivity index (χ3n) is 5.15. The quantitative estimate of drug-likeness (QED) is 0.838. The van der Waals surface area contributed by atoms with Gasteiger partial charge in [-0.1, -0.05) is 54.1 Å². The van der Waals surface area contributed by atoms with Crippen molar-refractivity contribution in [1.82, 2.24) is 10.2 Å². The second-order valence-electron chi connectivity index (χ2n) is 7.34. The van der Waals surface area contributed by atoms with Crippen LogP contribution < -0.4 is 5.32 Å². The summed E-state index contributed by atoms with van der Waals surface area (Å²) in [5, 5.41) is 2.94. The summed E-state index contributed by atoms with van der Waals surface area (Å²) in [5.41, 5.74) is 4.68. The summed E-state index contributed by atoms with van der Waals surface area (Å²) in [6.07, 6.45) is 0.969. The lowest BCUT2D eigenvalue weighted by Crippen LogP contribution is -2.37. The van der Waals surface area contributed by atoms with Gasteiger partial charge in [-0.05, 0) is 30.0 Å². The lowest BCUT2D eigenvalue weighted by atomic mass is 9.95. The molecule has 1 aliphatic heterocycles. The molecule has 28 heavy (non-hydrogen) atoms. The molecule has 2 amide bonds. The smallest absolute Gasteiger partial charge is 0.225 e. The normalized spacial score (nSPS) is 17.1. The van der Waals surface area contributed by atoms with Crippen LogP contribution in [0.5, 0.6) is 0 Å². The van der Waals surface area contributed by atoms with Crippen molar-refractivity contribution in [1.29, 1.82) is 0 Å². The van der Waals surface area contributed by atoms with Crippen molar-refractivity contribution in [3.8, 4) is 11.1 Å². The molecule has 3 rings (SSSR count). The van der Waals surface area contributed by atoms with Crippen LogP contribution in [-0.2, 0) is 20.7 Å². The summed E-state index contributed by atoms with van der Waals surface area (Å²) in [6, 6.07) is 16.8. The Morgan fingerprint density at radius 1 is 1.18 bits per heavy atom. The molecule has 148 valence electrons. The zero-order valence-electron chi connectivity index (χ0n) is 16.6. The molecule has 0 bridgehead atoms. The summed E-state index contributed by atoms with van der Waals surface area (Å²) in [4.78, 5) is 26.6. The van der Waals surface area contributed by atoms with Gasteiger partial charge >= 0.3 is 0 Å². The number of aryl methyl sites for hydroxylation is 1. The lowest BCUT2D eigenvalue weighted by Gasteiger charge is -2.23. The minimum absolute atomic E-state index is 0.0183. The van der Waals surface area contributed by atoms with Crippen LogP contribution in [0.25, 0.3) is 11.1 Å². The van der Waals surface area contributed by atoms with Gasteiger partial charge in [0.15, 0.2) is 0 Å². The molecule has 1 aliphatic rings. The van der Waals surface area contributed by atoms with Gasteiger partial charge in [-0.3, -0.25) is 9.59 Å². The van der Waals surface area contributed by atoms with Gasteiger partial charge in [0, 0.05) is 26.7 Å². The van der Waals surface area contributed by atoms with E-state index >= 15 is 0 Å². The van der Waals surface area contributed by atoms with E-state index in [1.807, 2.05) is 0 Å². The van der Waals surface area contributed by atoms with Gasteiger partial charge in [-0.15, -0.1) is 0 Å². The number of carbonyl (C=O) groups excluding carboxylic acids is 2. The number of benzene rings is 2. The van der Waals surface area contributed by atoms with Crippen molar-refractivity contribution in [2.75, 3.05) is 33.4 Å². The van der Waals surface area contributed by atoms with Gasteiger partial charge in [-0.25, -0.2) is 0 Å². The predicted molar refractivity (Wildman–Crippen MR) is 110 cm³/mol. The van der Waals surface area contributed by atoms with E-state index in [4.69, 9.17) is 4.74 Å². The first-order valence-electron chi connectivity index (χ1n) is 9.77. The van der Waals surface area contributed by atoms with E-state index in [0.717, 1.165) is 11.1 Å². The molecule has 1 fully saturated rings. The molecule has 5 nitrogen and oxygen atoms in total. The zero-order chi connectivity index (χ0) is 19.9. The Morgan fingerprint density at radius 2 is 1.96 bits per heavy atom. The Balaban J connectivity index is 1.68. The topological polar surface area (TPSA) is 58.6 Å². The number of ether oxygens (including phenoxy) is 1. The van der Waals surface area contributed by atoms with Crippen LogP contribution in [0.4, 0.5) is 0 Å². The molecule has 0 saturated carbocycles. The first-order chi connectivity index (χ1) is 13.6. The van der Waals surface area contributed by atoms with E-state index in [9.17, 15) is 9.59 Å². The summed E-state index contributed by atoms with van der Waals surface area (Å²) >= 11 is 0. The maximum absolute atomic E-state index is 12.5. The van der Waals surface area contributed by atoms with Crippen LogP contribution in [0, 0.1) is 12.8 Å². The molecule has 1 saturated heterocycles. The monoisotopic (exact) mass is 380 g/mol. The largest absolute Gasteiger partial charge is 0.384 e.